The fraction of sp³-hybridized carbons (Fsp3) is 0.300. The minimum Gasteiger partial charge on any atom is -0.381 e. The predicted octanol–water partition coefficient (Wildman–Crippen LogP) is 2.90. The molecule has 0 bridgehead atoms. The Bertz CT molecular complexity index is 966. The van der Waals surface area contributed by atoms with Crippen LogP contribution in [0.2, 0.25) is 0 Å². The number of fused-ring (bicyclic) bond motifs is 1. The summed E-state index contributed by atoms with van der Waals surface area (Å²) < 4.78 is 44.5. The number of carbonyl (C=O) groups is 2. The van der Waals surface area contributed by atoms with Gasteiger partial charge >= 0.3 is 6.18 Å². The van der Waals surface area contributed by atoms with E-state index in [4.69, 9.17) is 4.74 Å². The van der Waals surface area contributed by atoms with Crippen LogP contribution < -0.4 is 10.6 Å². The van der Waals surface area contributed by atoms with Crippen molar-refractivity contribution in [3.63, 3.8) is 0 Å². The van der Waals surface area contributed by atoms with E-state index >= 15 is 0 Å². The molecule has 3 aliphatic heterocycles. The van der Waals surface area contributed by atoms with E-state index in [1.54, 1.807) is 36.4 Å². The van der Waals surface area contributed by atoms with E-state index in [0.29, 0.717) is 42.4 Å². The normalized spacial score (nSPS) is 21.6. The first-order chi connectivity index (χ1) is 14.3. The SMILES string of the molecule is O=C(NCC1COC1)c1ccc(C2=CC=CN3C(=O)C(Br)=C(C(F)(F)F)NC23)cc1. The van der Waals surface area contributed by atoms with Crippen LogP contribution >= 0.6 is 15.9 Å². The van der Waals surface area contributed by atoms with E-state index in [-0.39, 0.29) is 5.91 Å². The number of alkyl halides is 3. The third-order valence-electron chi connectivity index (χ3n) is 5.04. The Morgan fingerprint density at radius 3 is 2.57 bits per heavy atom. The Morgan fingerprint density at radius 2 is 1.97 bits per heavy atom. The standard InChI is InChI=1S/C20H17BrF3N3O3/c21-15-16(20(22,23)24)26-17-14(2-1-7-27(17)19(15)29)12-3-5-13(6-4-12)18(28)25-8-11-9-30-10-11/h1-7,11,17,26H,8-10H2,(H,25,28). The summed E-state index contributed by atoms with van der Waals surface area (Å²) in [5.41, 5.74) is 0.393. The zero-order valence-electron chi connectivity index (χ0n) is 15.5. The number of carbonyl (C=O) groups excluding carboxylic acids is 2. The zero-order valence-corrected chi connectivity index (χ0v) is 17.1. The molecule has 4 rings (SSSR count). The number of benzene rings is 1. The van der Waals surface area contributed by atoms with Crippen molar-refractivity contribution in [1.82, 2.24) is 15.5 Å². The number of rotatable bonds is 4. The van der Waals surface area contributed by atoms with Crippen molar-refractivity contribution in [2.24, 2.45) is 5.92 Å². The summed E-state index contributed by atoms with van der Waals surface area (Å²) in [4.78, 5) is 25.9. The van der Waals surface area contributed by atoms with Gasteiger partial charge in [-0.25, -0.2) is 0 Å². The summed E-state index contributed by atoms with van der Waals surface area (Å²) in [5.74, 6) is -0.697. The van der Waals surface area contributed by atoms with Gasteiger partial charge in [0, 0.05) is 29.8 Å². The predicted molar refractivity (Wildman–Crippen MR) is 106 cm³/mol. The topological polar surface area (TPSA) is 70.7 Å². The molecule has 0 aromatic heterocycles. The maximum atomic E-state index is 13.3. The average molecular weight is 484 g/mol. The van der Waals surface area contributed by atoms with E-state index in [0.717, 1.165) is 0 Å². The number of allylic oxidation sites excluding steroid dienone is 3. The molecule has 1 aromatic rings. The number of nitrogens with one attached hydrogen (secondary N) is 2. The van der Waals surface area contributed by atoms with Crippen LogP contribution in [-0.2, 0) is 9.53 Å². The maximum Gasteiger partial charge on any atom is 0.432 e. The van der Waals surface area contributed by atoms with Crippen molar-refractivity contribution in [2.75, 3.05) is 19.8 Å². The third kappa shape index (κ3) is 3.89. The molecule has 3 heterocycles. The molecule has 2 amide bonds. The number of hydrogen-bond donors (Lipinski definition) is 2. The van der Waals surface area contributed by atoms with Gasteiger partial charge in [-0.1, -0.05) is 18.2 Å². The van der Waals surface area contributed by atoms with Gasteiger partial charge in [0.1, 0.15) is 16.3 Å². The molecule has 1 saturated heterocycles. The van der Waals surface area contributed by atoms with Crippen LogP contribution in [0.25, 0.3) is 5.57 Å². The lowest BCUT2D eigenvalue weighted by atomic mass is 9.97. The second-order valence-electron chi connectivity index (χ2n) is 7.10. The molecular formula is C20H17BrF3N3O3. The molecule has 6 nitrogen and oxygen atoms in total. The van der Waals surface area contributed by atoms with Gasteiger partial charge in [0.05, 0.1) is 13.2 Å². The molecule has 10 heteroatoms. The Kier molecular flexibility index (Phi) is 5.46. The molecule has 1 aromatic carbocycles. The molecule has 0 radical (unpaired) electrons. The molecule has 3 aliphatic rings. The monoisotopic (exact) mass is 483 g/mol. The summed E-state index contributed by atoms with van der Waals surface area (Å²) in [6.07, 6.45) is -1.07. The van der Waals surface area contributed by atoms with E-state index < -0.39 is 28.4 Å². The maximum absolute atomic E-state index is 13.3. The average Bonchev–Trinajstić information content (AvgIpc) is 2.68. The summed E-state index contributed by atoms with van der Waals surface area (Å²) >= 11 is 2.75. The van der Waals surface area contributed by atoms with E-state index in [1.807, 2.05) is 0 Å². The molecule has 0 aliphatic carbocycles. The van der Waals surface area contributed by atoms with Gasteiger partial charge in [-0.05, 0) is 39.7 Å². The molecule has 30 heavy (non-hydrogen) atoms. The Balaban J connectivity index is 1.54. The highest BCUT2D eigenvalue weighted by atomic mass is 79.9. The first-order valence-electron chi connectivity index (χ1n) is 9.16. The second kappa shape index (κ2) is 7.92. The summed E-state index contributed by atoms with van der Waals surface area (Å²) in [6.45, 7) is 1.80. The van der Waals surface area contributed by atoms with E-state index in [1.165, 1.54) is 11.1 Å². The number of amides is 2. The molecule has 1 unspecified atom stereocenters. The van der Waals surface area contributed by atoms with Crippen molar-refractivity contribution in [1.29, 1.82) is 0 Å². The zero-order chi connectivity index (χ0) is 21.5. The molecule has 1 fully saturated rings. The summed E-state index contributed by atoms with van der Waals surface area (Å²) in [7, 11) is 0. The minimum absolute atomic E-state index is 0.232. The van der Waals surface area contributed by atoms with Gasteiger partial charge in [0.2, 0.25) is 0 Å². The lowest BCUT2D eigenvalue weighted by molar-refractivity contribution is -0.130. The van der Waals surface area contributed by atoms with Crippen molar-refractivity contribution in [3.05, 3.63) is 63.9 Å². The second-order valence-corrected chi connectivity index (χ2v) is 7.89. The van der Waals surface area contributed by atoms with Gasteiger partial charge in [-0.15, -0.1) is 0 Å². The number of halogens is 4. The van der Waals surface area contributed by atoms with Crippen LogP contribution in [0.4, 0.5) is 13.2 Å². The first kappa shape index (κ1) is 20.7. The van der Waals surface area contributed by atoms with Crippen LogP contribution in [0.5, 0.6) is 0 Å². The number of hydrogen-bond acceptors (Lipinski definition) is 4. The summed E-state index contributed by atoms with van der Waals surface area (Å²) in [5, 5.41) is 5.24. The van der Waals surface area contributed by atoms with Crippen LogP contribution in [0.1, 0.15) is 15.9 Å². The fourth-order valence-electron chi connectivity index (χ4n) is 3.33. The first-order valence-corrected chi connectivity index (χ1v) is 9.96. The van der Waals surface area contributed by atoms with Crippen molar-refractivity contribution in [3.8, 4) is 0 Å². The quantitative estimate of drug-likeness (QED) is 0.690. The van der Waals surface area contributed by atoms with Crippen LogP contribution in [0.15, 0.2) is 52.8 Å². The van der Waals surface area contributed by atoms with Crippen LogP contribution in [0, 0.1) is 5.92 Å². The number of nitrogens with zero attached hydrogens (tertiary/aromatic N) is 1. The van der Waals surface area contributed by atoms with Crippen molar-refractivity contribution < 1.29 is 27.5 Å². The van der Waals surface area contributed by atoms with Crippen molar-refractivity contribution >= 4 is 33.3 Å². The Hall–Kier alpha value is -2.59. The minimum atomic E-state index is -4.71. The van der Waals surface area contributed by atoms with E-state index in [9.17, 15) is 22.8 Å². The smallest absolute Gasteiger partial charge is 0.381 e. The Morgan fingerprint density at radius 1 is 1.27 bits per heavy atom. The summed E-state index contributed by atoms with van der Waals surface area (Å²) in [6, 6.07) is 6.51. The van der Waals surface area contributed by atoms with Gasteiger partial charge in [-0.2, -0.15) is 13.2 Å². The van der Waals surface area contributed by atoms with Gasteiger partial charge in [0.25, 0.3) is 11.8 Å². The van der Waals surface area contributed by atoms with Crippen LogP contribution in [-0.4, -0.2) is 48.8 Å². The highest BCUT2D eigenvalue weighted by molar-refractivity contribution is 9.12. The molecular weight excluding hydrogens is 467 g/mol. The Labute approximate surface area is 178 Å². The van der Waals surface area contributed by atoms with Gasteiger partial charge in [-0.3, -0.25) is 14.5 Å². The molecule has 2 N–H and O–H groups in total. The lowest BCUT2D eigenvalue weighted by Gasteiger charge is -2.39. The lowest BCUT2D eigenvalue weighted by Crippen LogP contribution is -2.53. The highest BCUT2D eigenvalue weighted by Gasteiger charge is 2.45. The van der Waals surface area contributed by atoms with Crippen LogP contribution in [0.3, 0.4) is 0 Å². The molecule has 0 spiro atoms. The highest BCUT2D eigenvalue weighted by Crippen LogP contribution is 2.37. The van der Waals surface area contributed by atoms with E-state index in [2.05, 4.69) is 26.6 Å². The number of ether oxygens (including phenoxy) is 1. The van der Waals surface area contributed by atoms with Gasteiger partial charge in [0.15, 0.2) is 0 Å². The fourth-order valence-corrected chi connectivity index (χ4v) is 3.88. The molecule has 158 valence electrons. The largest absolute Gasteiger partial charge is 0.432 e. The molecule has 1 atom stereocenters. The molecule has 0 saturated carbocycles. The van der Waals surface area contributed by atoms with Crippen molar-refractivity contribution in [2.45, 2.75) is 12.3 Å². The third-order valence-corrected chi connectivity index (χ3v) is 5.78. The van der Waals surface area contributed by atoms with Gasteiger partial charge < -0.3 is 15.4 Å².